The molecule has 0 bridgehead atoms. The van der Waals surface area contributed by atoms with Crippen LogP contribution >= 0.6 is 11.6 Å². The van der Waals surface area contributed by atoms with Crippen LogP contribution in [-0.4, -0.2) is 12.1 Å². The van der Waals surface area contributed by atoms with Crippen LogP contribution in [-0.2, 0) is 12.8 Å². The molecule has 0 aliphatic heterocycles. The van der Waals surface area contributed by atoms with Gasteiger partial charge in [-0.15, -0.1) is 0 Å². The number of hydrogen-bond donors (Lipinski definition) is 1. The minimum atomic E-state index is 0.728. The molecule has 1 aliphatic rings. The molecule has 2 aromatic carbocycles. The number of benzene rings is 2. The number of aromatic nitrogens is 1. The summed E-state index contributed by atoms with van der Waals surface area (Å²) < 4.78 is 5.32. The third-order valence-electron chi connectivity index (χ3n) is 4.31. The van der Waals surface area contributed by atoms with Crippen molar-refractivity contribution in [3.8, 4) is 5.75 Å². The fourth-order valence-electron chi connectivity index (χ4n) is 3.22. The lowest BCUT2D eigenvalue weighted by atomic mass is 10.1. The van der Waals surface area contributed by atoms with Gasteiger partial charge < -0.3 is 10.1 Å². The van der Waals surface area contributed by atoms with E-state index in [9.17, 15) is 0 Å². The Bertz CT molecular complexity index is 892. The van der Waals surface area contributed by atoms with Crippen molar-refractivity contribution >= 4 is 33.9 Å². The summed E-state index contributed by atoms with van der Waals surface area (Å²) >= 11 is 6.22. The predicted molar refractivity (Wildman–Crippen MR) is 95.1 cm³/mol. The zero-order valence-corrected chi connectivity index (χ0v) is 13.7. The van der Waals surface area contributed by atoms with Crippen LogP contribution in [0.5, 0.6) is 5.75 Å². The third-order valence-corrected chi connectivity index (χ3v) is 4.55. The predicted octanol–water partition coefficient (Wildman–Crippen LogP) is 5.13. The van der Waals surface area contributed by atoms with Gasteiger partial charge >= 0.3 is 0 Å². The number of fused-ring (bicyclic) bond motifs is 2. The number of anilines is 2. The molecule has 0 radical (unpaired) electrons. The molecule has 0 amide bonds. The highest BCUT2D eigenvalue weighted by Crippen LogP contribution is 2.37. The second kappa shape index (κ2) is 5.74. The van der Waals surface area contributed by atoms with Gasteiger partial charge in [0.05, 0.1) is 18.3 Å². The van der Waals surface area contributed by atoms with Crippen molar-refractivity contribution in [3.63, 3.8) is 0 Å². The Morgan fingerprint density at radius 3 is 2.91 bits per heavy atom. The minimum absolute atomic E-state index is 0.728. The number of rotatable bonds is 3. The summed E-state index contributed by atoms with van der Waals surface area (Å²) in [6.07, 6.45) is 3.25. The second-order valence-electron chi connectivity index (χ2n) is 5.78. The van der Waals surface area contributed by atoms with Crippen LogP contribution in [0.3, 0.4) is 0 Å². The van der Waals surface area contributed by atoms with Crippen molar-refractivity contribution < 1.29 is 4.74 Å². The van der Waals surface area contributed by atoms with Crippen LogP contribution < -0.4 is 10.1 Å². The molecule has 1 aliphatic carbocycles. The monoisotopic (exact) mass is 324 g/mol. The highest BCUT2D eigenvalue weighted by molar-refractivity contribution is 6.31. The molecule has 1 aromatic heterocycles. The highest BCUT2D eigenvalue weighted by atomic mass is 35.5. The lowest BCUT2D eigenvalue weighted by Crippen LogP contribution is -2.00. The van der Waals surface area contributed by atoms with Crippen LogP contribution in [0.15, 0.2) is 42.5 Å². The molecule has 1 heterocycles. The van der Waals surface area contributed by atoms with Crippen molar-refractivity contribution in [2.75, 3.05) is 12.4 Å². The molecule has 0 fully saturated rings. The molecule has 0 spiro atoms. The molecular formula is C19H17ClN2O. The van der Waals surface area contributed by atoms with E-state index in [1.54, 1.807) is 7.11 Å². The van der Waals surface area contributed by atoms with Gasteiger partial charge in [0.2, 0.25) is 0 Å². The van der Waals surface area contributed by atoms with E-state index < -0.39 is 0 Å². The van der Waals surface area contributed by atoms with Crippen molar-refractivity contribution in [3.05, 3.63) is 58.7 Å². The number of nitrogens with one attached hydrogen (secondary N) is 1. The summed E-state index contributed by atoms with van der Waals surface area (Å²) in [5.41, 5.74) is 5.62. The Hall–Kier alpha value is -2.26. The standard InChI is InChI=1S/C19H17ClN2O/c1-23-14-5-2-4-13(11-14)21-19-15-6-3-7-17(15)22-18-9-8-12(20)10-16(18)19/h2,4-5,8-11H,3,6-7H2,1H3,(H,21,22). The molecule has 3 nitrogen and oxygen atoms in total. The van der Waals surface area contributed by atoms with E-state index >= 15 is 0 Å². The number of halogens is 1. The maximum atomic E-state index is 6.22. The molecule has 0 atom stereocenters. The van der Waals surface area contributed by atoms with Crippen LogP contribution in [0.4, 0.5) is 11.4 Å². The molecule has 0 unspecified atom stereocenters. The SMILES string of the molecule is COc1cccc(Nc2c3c(nc4ccc(Cl)cc24)CCC3)c1. The lowest BCUT2D eigenvalue weighted by molar-refractivity contribution is 0.415. The van der Waals surface area contributed by atoms with E-state index in [-0.39, 0.29) is 0 Å². The van der Waals surface area contributed by atoms with Gasteiger partial charge in [-0.3, -0.25) is 4.98 Å². The third kappa shape index (κ3) is 2.62. The minimum Gasteiger partial charge on any atom is -0.497 e. The fourth-order valence-corrected chi connectivity index (χ4v) is 3.39. The summed E-state index contributed by atoms with van der Waals surface area (Å²) in [6.45, 7) is 0. The molecule has 4 rings (SSSR count). The first-order valence-electron chi connectivity index (χ1n) is 7.77. The van der Waals surface area contributed by atoms with Gasteiger partial charge in [0.15, 0.2) is 0 Å². The van der Waals surface area contributed by atoms with E-state index in [4.69, 9.17) is 21.3 Å². The molecule has 1 N–H and O–H groups in total. The van der Waals surface area contributed by atoms with Crippen molar-refractivity contribution in [2.24, 2.45) is 0 Å². The maximum Gasteiger partial charge on any atom is 0.120 e. The molecule has 0 saturated carbocycles. The number of pyridine rings is 1. The first-order chi connectivity index (χ1) is 11.2. The summed E-state index contributed by atoms with van der Waals surface area (Å²) in [4.78, 5) is 4.81. The van der Waals surface area contributed by atoms with E-state index in [0.29, 0.717) is 0 Å². The Balaban J connectivity index is 1.88. The number of ether oxygens (including phenoxy) is 1. The van der Waals surface area contributed by atoms with Crippen molar-refractivity contribution in [1.82, 2.24) is 4.98 Å². The Morgan fingerprint density at radius 2 is 2.04 bits per heavy atom. The van der Waals surface area contributed by atoms with E-state index in [1.807, 2.05) is 42.5 Å². The van der Waals surface area contributed by atoms with E-state index in [0.717, 1.165) is 52.3 Å². The summed E-state index contributed by atoms with van der Waals surface area (Å²) in [5, 5.41) is 5.37. The van der Waals surface area contributed by atoms with Gasteiger partial charge in [-0.25, -0.2) is 0 Å². The lowest BCUT2D eigenvalue weighted by Gasteiger charge is -2.15. The normalized spacial score (nSPS) is 13.1. The molecule has 116 valence electrons. The molecule has 23 heavy (non-hydrogen) atoms. The van der Waals surface area contributed by atoms with Gasteiger partial charge in [0, 0.05) is 27.9 Å². The van der Waals surface area contributed by atoms with Crippen LogP contribution in [0.1, 0.15) is 17.7 Å². The Kier molecular flexibility index (Phi) is 3.58. The quantitative estimate of drug-likeness (QED) is 0.725. The van der Waals surface area contributed by atoms with Gasteiger partial charge in [-0.1, -0.05) is 17.7 Å². The number of nitrogens with zero attached hydrogens (tertiary/aromatic N) is 1. The van der Waals surface area contributed by atoms with E-state index in [1.165, 1.54) is 11.3 Å². The molecule has 3 aromatic rings. The molecule has 0 saturated heterocycles. The van der Waals surface area contributed by atoms with Gasteiger partial charge in [-0.2, -0.15) is 0 Å². The highest BCUT2D eigenvalue weighted by Gasteiger charge is 2.20. The Labute approximate surface area is 140 Å². The number of aryl methyl sites for hydroxylation is 1. The zero-order chi connectivity index (χ0) is 15.8. The first-order valence-corrected chi connectivity index (χ1v) is 8.14. The topological polar surface area (TPSA) is 34.1 Å². The summed E-state index contributed by atoms with van der Waals surface area (Å²) in [7, 11) is 1.68. The first kappa shape index (κ1) is 14.3. The number of hydrogen-bond acceptors (Lipinski definition) is 3. The molecule has 4 heteroatoms. The average molecular weight is 325 g/mol. The second-order valence-corrected chi connectivity index (χ2v) is 6.22. The largest absolute Gasteiger partial charge is 0.497 e. The number of methoxy groups -OCH3 is 1. The smallest absolute Gasteiger partial charge is 0.120 e. The summed E-state index contributed by atoms with van der Waals surface area (Å²) in [6, 6.07) is 13.8. The van der Waals surface area contributed by atoms with Gasteiger partial charge in [-0.05, 0) is 55.2 Å². The fraction of sp³-hybridized carbons (Fsp3) is 0.211. The van der Waals surface area contributed by atoms with Crippen LogP contribution in [0, 0.1) is 0 Å². The van der Waals surface area contributed by atoms with Crippen molar-refractivity contribution in [2.45, 2.75) is 19.3 Å². The molecular weight excluding hydrogens is 308 g/mol. The van der Waals surface area contributed by atoms with Crippen LogP contribution in [0.2, 0.25) is 5.02 Å². The zero-order valence-electron chi connectivity index (χ0n) is 12.9. The average Bonchev–Trinajstić information content (AvgIpc) is 3.03. The van der Waals surface area contributed by atoms with E-state index in [2.05, 4.69) is 5.32 Å². The Morgan fingerprint density at radius 1 is 1.13 bits per heavy atom. The summed E-state index contributed by atoms with van der Waals surface area (Å²) in [5.74, 6) is 0.836. The maximum absolute atomic E-state index is 6.22. The van der Waals surface area contributed by atoms with Gasteiger partial charge in [0.25, 0.3) is 0 Å². The van der Waals surface area contributed by atoms with Crippen molar-refractivity contribution in [1.29, 1.82) is 0 Å². The van der Waals surface area contributed by atoms with Crippen LogP contribution in [0.25, 0.3) is 10.9 Å². The van der Waals surface area contributed by atoms with Gasteiger partial charge in [0.1, 0.15) is 5.75 Å².